The number of nitrogens with one attached hydrogen (secondary N) is 1. The van der Waals surface area contributed by atoms with E-state index in [4.69, 9.17) is 23.2 Å². The number of carbonyl (C=O) groups excluding carboxylic acids is 1. The van der Waals surface area contributed by atoms with Gasteiger partial charge in [-0.2, -0.15) is 5.10 Å². The fourth-order valence-corrected chi connectivity index (χ4v) is 3.50. The average molecular weight is 451 g/mol. The fraction of sp³-hybridized carbons (Fsp3) is 0.0435. The predicted molar refractivity (Wildman–Crippen MR) is 124 cm³/mol. The van der Waals surface area contributed by atoms with Crippen molar-refractivity contribution in [2.24, 2.45) is 5.10 Å². The molecule has 1 amide bonds. The van der Waals surface area contributed by atoms with Gasteiger partial charge in [0.1, 0.15) is 12.2 Å². The molecule has 1 N–H and O–H groups in total. The van der Waals surface area contributed by atoms with Gasteiger partial charge in [0.15, 0.2) is 0 Å². The first-order valence-corrected chi connectivity index (χ1v) is 10.1. The summed E-state index contributed by atoms with van der Waals surface area (Å²) in [6.45, 7) is -0.247. The number of nitrogens with zero attached hydrogens (tertiary/aromatic N) is 3. The Kier molecular flexibility index (Phi) is 6.11. The van der Waals surface area contributed by atoms with Crippen LogP contribution in [-0.2, 0) is 11.3 Å². The van der Waals surface area contributed by atoms with Crippen molar-refractivity contribution in [3.8, 4) is 11.1 Å². The van der Waals surface area contributed by atoms with Crippen molar-refractivity contribution >= 4 is 46.4 Å². The third-order valence-corrected chi connectivity index (χ3v) is 5.17. The molecule has 0 radical (unpaired) electrons. The van der Waals surface area contributed by atoms with Crippen molar-refractivity contribution in [3.63, 3.8) is 0 Å². The van der Waals surface area contributed by atoms with Crippen LogP contribution in [-0.4, -0.2) is 21.7 Å². The Bertz CT molecular complexity index is 1350. The molecule has 0 saturated heterocycles. The Labute approximate surface area is 187 Å². The number of carbonyl (C=O) groups is 1. The molecule has 2 heterocycles. The van der Waals surface area contributed by atoms with E-state index in [2.05, 4.69) is 15.5 Å². The molecule has 0 atom stereocenters. The summed E-state index contributed by atoms with van der Waals surface area (Å²) in [5, 5.41) is 5.72. The van der Waals surface area contributed by atoms with Crippen molar-refractivity contribution < 1.29 is 4.79 Å². The second-order valence-electron chi connectivity index (χ2n) is 6.69. The Morgan fingerprint density at radius 2 is 1.81 bits per heavy atom. The van der Waals surface area contributed by atoms with E-state index in [1.54, 1.807) is 66.9 Å². The summed E-state index contributed by atoms with van der Waals surface area (Å²) >= 11 is 12.2. The van der Waals surface area contributed by atoms with Crippen LogP contribution in [0.25, 0.3) is 22.2 Å². The van der Waals surface area contributed by atoms with Crippen LogP contribution in [0.15, 0.2) is 82.8 Å². The van der Waals surface area contributed by atoms with Crippen LogP contribution < -0.4 is 11.0 Å². The van der Waals surface area contributed by atoms with Gasteiger partial charge in [-0.1, -0.05) is 53.5 Å². The van der Waals surface area contributed by atoms with Crippen LogP contribution in [0, 0.1) is 0 Å². The molecule has 0 aliphatic rings. The number of benzene rings is 2. The van der Waals surface area contributed by atoms with Crippen molar-refractivity contribution in [3.05, 3.63) is 98.9 Å². The number of hydrogen-bond acceptors (Lipinski definition) is 4. The van der Waals surface area contributed by atoms with E-state index >= 15 is 0 Å². The molecule has 0 aliphatic carbocycles. The fourth-order valence-electron chi connectivity index (χ4n) is 3.13. The summed E-state index contributed by atoms with van der Waals surface area (Å²) in [5.41, 5.74) is 4.24. The highest BCUT2D eigenvalue weighted by Gasteiger charge is 2.15. The number of rotatable bonds is 5. The lowest BCUT2D eigenvalue weighted by Crippen LogP contribution is -2.31. The maximum absolute atomic E-state index is 13.2. The zero-order chi connectivity index (χ0) is 21.8. The van der Waals surface area contributed by atoms with Gasteiger partial charge in [-0.15, -0.1) is 0 Å². The van der Waals surface area contributed by atoms with Gasteiger partial charge in [-0.3, -0.25) is 14.2 Å². The minimum Gasteiger partial charge on any atom is -0.283 e. The van der Waals surface area contributed by atoms with Gasteiger partial charge in [0, 0.05) is 32.8 Å². The first kappa shape index (κ1) is 20.8. The van der Waals surface area contributed by atoms with Gasteiger partial charge in [-0.05, 0) is 42.0 Å². The SMILES string of the molecule is O=C(Cn1c(=O)c(-c2ccccc2Cl)cc2cccnc21)N/N=C/c1ccc(Cl)cc1. The number of hydrogen-bond donors (Lipinski definition) is 1. The monoisotopic (exact) mass is 450 g/mol. The van der Waals surface area contributed by atoms with E-state index in [1.807, 2.05) is 6.07 Å². The molecule has 0 unspecified atom stereocenters. The molecule has 4 rings (SSSR count). The van der Waals surface area contributed by atoms with E-state index in [0.29, 0.717) is 26.8 Å². The highest BCUT2D eigenvalue weighted by Crippen LogP contribution is 2.27. The van der Waals surface area contributed by atoms with Gasteiger partial charge in [0.05, 0.1) is 6.21 Å². The van der Waals surface area contributed by atoms with Gasteiger partial charge in [0.2, 0.25) is 0 Å². The lowest BCUT2D eigenvalue weighted by atomic mass is 10.1. The highest BCUT2D eigenvalue weighted by atomic mass is 35.5. The second kappa shape index (κ2) is 9.12. The van der Waals surface area contributed by atoms with Crippen LogP contribution in [0.1, 0.15) is 5.56 Å². The minimum absolute atomic E-state index is 0.247. The Hall–Kier alpha value is -3.48. The zero-order valence-corrected chi connectivity index (χ0v) is 17.6. The van der Waals surface area contributed by atoms with Crippen molar-refractivity contribution in [2.45, 2.75) is 6.54 Å². The van der Waals surface area contributed by atoms with E-state index in [-0.39, 0.29) is 12.1 Å². The summed E-state index contributed by atoms with van der Waals surface area (Å²) in [6, 6.07) is 19.4. The Morgan fingerprint density at radius 3 is 2.58 bits per heavy atom. The Morgan fingerprint density at radius 1 is 1.03 bits per heavy atom. The third-order valence-electron chi connectivity index (χ3n) is 4.59. The molecule has 0 spiro atoms. The van der Waals surface area contributed by atoms with Crippen molar-refractivity contribution in [1.82, 2.24) is 15.0 Å². The normalized spacial score (nSPS) is 11.2. The number of hydrazone groups is 1. The summed E-state index contributed by atoms with van der Waals surface area (Å²) in [5.74, 6) is -0.462. The highest BCUT2D eigenvalue weighted by molar-refractivity contribution is 6.33. The first-order valence-electron chi connectivity index (χ1n) is 9.34. The van der Waals surface area contributed by atoms with Crippen molar-refractivity contribution in [2.75, 3.05) is 0 Å². The molecule has 6 nitrogen and oxygen atoms in total. The molecule has 2 aromatic carbocycles. The van der Waals surface area contributed by atoms with E-state index in [9.17, 15) is 9.59 Å². The van der Waals surface area contributed by atoms with Gasteiger partial charge in [0.25, 0.3) is 11.5 Å². The third kappa shape index (κ3) is 4.66. The zero-order valence-electron chi connectivity index (χ0n) is 16.1. The minimum atomic E-state index is -0.462. The quantitative estimate of drug-likeness (QED) is 0.358. The molecule has 2 aromatic heterocycles. The largest absolute Gasteiger partial charge is 0.283 e. The van der Waals surface area contributed by atoms with Gasteiger partial charge in [-0.25, -0.2) is 10.4 Å². The molecule has 0 saturated carbocycles. The molecular formula is C23H16Cl2N4O2. The molecule has 0 fully saturated rings. The van der Waals surface area contributed by atoms with Crippen LogP contribution in [0.3, 0.4) is 0 Å². The number of amides is 1. The van der Waals surface area contributed by atoms with E-state index < -0.39 is 5.91 Å². The summed E-state index contributed by atoms with van der Waals surface area (Å²) < 4.78 is 1.32. The maximum atomic E-state index is 13.2. The Balaban J connectivity index is 1.65. The predicted octanol–water partition coefficient (Wildman–Crippen LogP) is 4.52. The van der Waals surface area contributed by atoms with Crippen LogP contribution in [0.2, 0.25) is 10.0 Å². The van der Waals surface area contributed by atoms with E-state index in [0.717, 1.165) is 10.9 Å². The van der Waals surface area contributed by atoms with Crippen LogP contribution in [0.5, 0.6) is 0 Å². The average Bonchev–Trinajstić information content (AvgIpc) is 2.77. The molecule has 8 heteroatoms. The summed E-state index contributed by atoms with van der Waals surface area (Å²) in [7, 11) is 0. The number of fused-ring (bicyclic) bond motifs is 1. The standard InChI is InChI=1S/C23H16Cl2N4O2/c24-17-9-7-15(8-10-17)13-27-28-21(30)14-29-22-16(4-3-11-26-22)12-19(23(29)31)18-5-1-2-6-20(18)25/h1-13H,14H2,(H,28,30)/b27-13+. The summed E-state index contributed by atoms with van der Waals surface area (Å²) in [4.78, 5) is 30.0. The smallest absolute Gasteiger partial charge is 0.260 e. The second-order valence-corrected chi connectivity index (χ2v) is 7.53. The molecule has 4 aromatic rings. The molecule has 154 valence electrons. The molecular weight excluding hydrogens is 435 g/mol. The van der Waals surface area contributed by atoms with Gasteiger partial charge >= 0.3 is 0 Å². The lowest BCUT2D eigenvalue weighted by Gasteiger charge is -2.12. The van der Waals surface area contributed by atoms with Crippen LogP contribution in [0.4, 0.5) is 0 Å². The number of aromatic nitrogens is 2. The molecule has 0 bridgehead atoms. The van der Waals surface area contributed by atoms with Crippen molar-refractivity contribution in [1.29, 1.82) is 0 Å². The maximum Gasteiger partial charge on any atom is 0.260 e. The van der Waals surface area contributed by atoms with Crippen LogP contribution >= 0.6 is 23.2 Å². The first-order chi connectivity index (χ1) is 15.0. The lowest BCUT2D eigenvalue weighted by molar-refractivity contribution is -0.121. The number of pyridine rings is 2. The van der Waals surface area contributed by atoms with E-state index in [1.165, 1.54) is 10.8 Å². The van der Waals surface area contributed by atoms with Gasteiger partial charge < -0.3 is 0 Å². The number of halogens is 2. The topological polar surface area (TPSA) is 76.3 Å². The molecule has 31 heavy (non-hydrogen) atoms. The summed E-state index contributed by atoms with van der Waals surface area (Å²) in [6.07, 6.45) is 3.07. The molecule has 0 aliphatic heterocycles.